The zero-order valence-electron chi connectivity index (χ0n) is 11.3. The van der Waals surface area contributed by atoms with Crippen LogP contribution in [0.15, 0.2) is 53.9 Å². The molecule has 20 heavy (non-hydrogen) atoms. The molecule has 1 aromatic carbocycles. The number of ether oxygens (including phenoxy) is 1. The summed E-state index contributed by atoms with van der Waals surface area (Å²) in [4.78, 5) is 15.9. The average Bonchev–Trinajstić information content (AvgIpc) is 2.53. The van der Waals surface area contributed by atoms with Crippen LogP contribution in [-0.2, 0) is 0 Å². The van der Waals surface area contributed by atoms with E-state index in [0.29, 0.717) is 17.0 Å². The van der Waals surface area contributed by atoms with Gasteiger partial charge in [0.25, 0.3) is 5.91 Å². The van der Waals surface area contributed by atoms with Gasteiger partial charge < -0.3 is 4.74 Å². The third-order valence-electron chi connectivity index (χ3n) is 2.76. The number of carbonyl (C=O) groups excluding carboxylic acids is 1. The first kappa shape index (κ1) is 13.7. The molecule has 0 bridgehead atoms. The summed E-state index contributed by atoms with van der Waals surface area (Å²) < 4.78 is 5.08. The van der Waals surface area contributed by atoms with E-state index in [4.69, 9.17) is 4.74 Å². The summed E-state index contributed by atoms with van der Waals surface area (Å²) in [6.07, 6.45) is 3.36. The minimum atomic E-state index is -0.280. The van der Waals surface area contributed by atoms with Gasteiger partial charge in [0.05, 0.1) is 12.8 Å². The quantitative estimate of drug-likeness (QED) is 0.684. The second-order valence-corrected chi connectivity index (χ2v) is 4.11. The number of pyridine rings is 1. The molecule has 1 amide bonds. The zero-order valence-corrected chi connectivity index (χ0v) is 11.3. The highest BCUT2D eigenvalue weighted by atomic mass is 16.5. The van der Waals surface area contributed by atoms with Crippen LogP contribution >= 0.6 is 0 Å². The maximum Gasteiger partial charge on any atom is 0.271 e. The second-order valence-electron chi connectivity index (χ2n) is 4.11. The predicted octanol–water partition coefficient (Wildman–Crippen LogP) is 2.24. The van der Waals surface area contributed by atoms with E-state index < -0.39 is 0 Å². The minimum Gasteiger partial charge on any atom is -0.497 e. The van der Waals surface area contributed by atoms with Gasteiger partial charge >= 0.3 is 0 Å². The molecule has 102 valence electrons. The number of rotatable bonds is 4. The molecule has 5 heteroatoms. The van der Waals surface area contributed by atoms with Gasteiger partial charge in [-0.15, -0.1) is 0 Å². The Bertz CT molecular complexity index is 624. The molecule has 0 atom stereocenters. The van der Waals surface area contributed by atoms with E-state index in [1.807, 2.05) is 19.1 Å². The maximum atomic E-state index is 12.0. The molecule has 0 unspecified atom stereocenters. The van der Waals surface area contributed by atoms with Crippen molar-refractivity contribution >= 4 is 11.6 Å². The van der Waals surface area contributed by atoms with E-state index in [-0.39, 0.29) is 5.91 Å². The highest BCUT2D eigenvalue weighted by molar-refractivity contribution is 6.00. The van der Waals surface area contributed by atoms with Crippen molar-refractivity contribution in [1.82, 2.24) is 10.4 Å². The number of nitrogens with one attached hydrogen (secondary N) is 1. The topological polar surface area (TPSA) is 63.6 Å². The molecule has 2 aromatic rings. The number of aromatic nitrogens is 1. The van der Waals surface area contributed by atoms with Gasteiger partial charge in [0.2, 0.25) is 0 Å². The fourth-order valence-electron chi connectivity index (χ4n) is 1.62. The first-order valence-electron chi connectivity index (χ1n) is 6.10. The maximum absolute atomic E-state index is 12.0. The highest BCUT2D eigenvalue weighted by Crippen LogP contribution is 2.12. The Morgan fingerprint density at radius 1 is 1.20 bits per heavy atom. The average molecular weight is 269 g/mol. The van der Waals surface area contributed by atoms with Crippen molar-refractivity contribution in [2.45, 2.75) is 6.92 Å². The van der Waals surface area contributed by atoms with Crippen molar-refractivity contribution in [2.24, 2.45) is 5.10 Å². The lowest BCUT2D eigenvalue weighted by Crippen LogP contribution is -2.19. The summed E-state index contributed by atoms with van der Waals surface area (Å²) >= 11 is 0. The summed E-state index contributed by atoms with van der Waals surface area (Å²) in [5.74, 6) is 0.352. The molecule has 1 aromatic heterocycles. The second kappa shape index (κ2) is 6.47. The largest absolute Gasteiger partial charge is 0.497 e. The van der Waals surface area contributed by atoms with E-state index >= 15 is 0 Å². The first-order chi connectivity index (χ1) is 9.70. The van der Waals surface area contributed by atoms with Crippen LogP contribution in [-0.4, -0.2) is 23.7 Å². The van der Waals surface area contributed by atoms with Crippen molar-refractivity contribution in [3.8, 4) is 5.75 Å². The molecular formula is C15H15N3O2. The molecule has 0 fully saturated rings. The van der Waals surface area contributed by atoms with E-state index in [1.54, 1.807) is 43.8 Å². The number of amides is 1. The molecule has 5 nitrogen and oxygen atoms in total. The molecule has 1 N–H and O–H groups in total. The Morgan fingerprint density at radius 3 is 2.65 bits per heavy atom. The monoisotopic (exact) mass is 269 g/mol. The van der Waals surface area contributed by atoms with Gasteiger partial charge in [-0.1, -0.05) is 6.07 Å². The zero-order chi connectivity index (χ0) is 14.4. The van der Waals surface area contributed by atoms with Crippen LogP contribution in [0.5, 0.6) is 5.75 Å². The van der Waals surface area contributed by atoms with Crippen molar-refractivity contribution < 1.29 is 9.53 Å². The van der Waals surface area contributed by atoms with Crippen LogP contribution in [0.2, 0.25) is 0 Å². The van der Waals surface area contributed by atoms with Gasteiger partial charge in [-0.25, -0.2) is 5.43 Å². The molecule has 1 heterocycles. The normalized spacial score (nSPS) is 11.0. The fourth-order valence-corrected chi connectivity index (χ4v) is 1.62. The minimum absolute atomic E-state index is 0.280. The number of hydrazone groups is 1. The summed E-state index contributed by atoms with van der Waals surface area (Å²) in [7, 11) is 1.56. The lowest BCUT2D eigenvalue weighted by molar-refractivity contribution is 0.0954. The Labute approximate surface area is 117 Å². The van der Waals surface area contributed by atoms with E-state index in [2.05, 4.69) is 15.5 Å². The number of hydrogen-bond acceptors (Lipinski definition) is 4. The summed E-state index contributed by atoms with van der Waals surface area (Å²) in [5.41, 5.74) is 4.64. The Hall–Kier alpha value is -2.69. The lowest BCUT2D eigenvalue weighted by Gasteiger charge is -2.04. The van der Waals surface area contributed by atoms with Crippen molar-refractivity contribution in [3.63, 3.8) is 0 Å². The van der Waals surface area contributed by atoms with Crippen LogP contribution in [0, 0.1) is 0 Å². The molecule has 0 aliphatic rings. The standard InChI is InChI=1S/C15H15N3O2/c1-11(12-6-8-16-9-7-12)17-18-15(19)13-4-3-5-14(10-13)20-2/h3-10H,1-2H3,(H,18,19). The first-order valence-corrected chi connectivity index (χ1v) is 6.10. The van der Waals surface area contributed by atoms with E-state index in [0.717, 1.165) is 5.56 Å². The number of hydrogen-bond donors (Lipinski definition) is 1. The molecule has 0 aliphatic heterocycles. The molecule has 0 aliphatic carbocycles. The Balaban J connectivity index is 2.08. The number of methoxy groups -OCH3 is 1. The summed E-state index contributed by atoms with van der Waals surface area (Å²) in [5, 5.41) is 4.07. The number of carbonyl (C=O) groups is 1. The molecule has 2 rings (SSSR count). The molecular weight excluding hydrogens is 254 g/mol. The van der Waals surface area contributed by atoms with Crippen molar-refractivity contribution in [3.05, 3.63) is 59.9 Å². The van der Waals surface area contributed by atoms with Crippen LogP contribution in [0.1, 0.15) is 22.8 Å². The van der Waals surface area contributed by atoms with Crippen molar-refractivity contribution in [2.75, 3.05) is 7.11 Å². The van der Waals surface area contributed by atoms with Gasteiger partial charge in [-0.3, -0.25) is 9.78 Å². The molecule has 0 spiro atoms. The Kier molecular flexibility index (Phi) is 4.44. The van der Waals surface area contributed by atoms with Crippen LogP contribution < -0.4 is 10.2 Å². The van der Waals surface area contributed by atoms with Crippen LogP contribution in [0.4, 0.5) is 0 Å². The Morgan fingerprint density at radius 2 is 1.95 bits per heavy atom. The van der Waals surface area contributed by atoms with Crippen LogP contribution in [0.25, 0.3) is 0 Å². The highest BCUT2D eigenvalue weighted by Gasteiger charge is 2.06. The van der Waals surface area contributed by atoms with E-state index in [1.165, 1.54) is 0 Å². The number of nitrogens with zero attached hydrogens (tertiary/aromatic N) is 2. The van der Waals surface area contributed by atoms with Gasteiger partial charge in [-0.05, 0) is 37.3 Å². The van der Waals surface area contributed by atoms with E-state index in [9.17, 15) is 4.79 Å². The van der Waals surface area contributed by atoms with Crippen LogP contribution in [0.3, 0.4) is 0 Å². The molecule has 0 saturated heterocycles. The SMILES string of the molecule is COc1cccc(C(=O)NN=C(C)c2ccncc2)c1. The summed E-state index contributed by atoms with van der Waals surface area (Å²) in [6, 6.07) is 10.6. The third kappa shape index (κ3) is 3.41. The number of benzene rings is 1. The third-order valence-corrected chi connectivity index (χ3v) is 2.76. The molecule has 0 radical (unpaired) electrons. The predicted molar refractivity (Wildman–Crippen MR) is 76.9 cm³/mol. The van der Waals surface area contributed by atoms with Gasteiger partial charge in [0.15, 0.2) is 0 Å². The smallest absolute Gasteiger partial charge is 0.271 e. The fraction of sp³-hybridized carbons (Fsp3) is 0.133. The van der Waals surface area contributed by atoms with Gasteiger partial charge in [-0.2, -0.15) is 5.10 Å². The molecule has 0 saturated carbocycles. The summed E-state index contributed by atoms with van der Waals surface area (Å²) in [6.45, 7) is 1.82. The van der Waals surface area contributed by atoms with Gasteiger partial charge in [0.1, 0.15) is 5.75 Å². The van der Waals surface area contributed by atoms with Gasteiger partial charge in [0, 0.05) is 23.5 Å². The lowest BCUT2D eigenvalue weighted by atomic mass is 10.2. The van der Waals surface area contributed by atoms with Crippen molar-refractivity contribution in [1.29, 1.82) is 0 Å².